The van der Waals surface area contributed by atoms with Gasteiger partial charge in [0.15, 0.2) is 0 Å². The van der Waals surface area contributed by atoms with Crippen LogP contribution in [0.3, 0.4) is 0 Å². The van der Waals surface area contributed by atoms with Crippen molar-refractivity contribution in [3.05, 3.63) is 11.6 Å². The van der Waals surface area contributed by atoms with Crippen molar-refractivity contribution in [3.8, 4) is 0 Å². The van der Waals surface area contributed by atoms with Gasteiger partial charge in [0.1, 0.15) is 11.6 Å². The predicted octanol–water partition coefficient (Wildman–Crippen LogP) is 11.8. The number of hydrogen-bond donors (Lipinski definition) is 2. The molecule has 0 saturated heterocycles. The highest BCUT2D eigenvalue weighted by Gasteiger charge is 2.82. The molecule has 0 bridgehead atoms. The largest absolute Gasteiger partial charge is 0.481 e. The Morgan fingerprint density at radius 3 is 2.20 bits per heavy atom. The van der Waals surface area contributed by atoms with E-state index in [9.17, 15) is 24.6 Å². The molecule has 5 nitrogen and oxygen atoms in total. The fraction of sp³-hybridized carbons (Fsp3) is 0.900. The Balaban J connectivity index is 0.954. The summed E-state index contributed by atoms with van der Waals surface area (Å²) >= 11 is 0. The summed E-state index contributed by atoms with van der Waals surface area (Å²) in [5, 5.41) is 22.6. The summed E-state index contributed by atoms with van der Waals surface area (Å²) < 4.78 is 0. The molecular formula is C50H78O5. The third-order valence-electron chi connectivity index (χ3n) is 21.5. The number of aliphatic hydroxyl groups is 1. The Hall–Kier alpha value is -1.49. The summed E-state index contributed by atoms with van der Waals surface area (Å²) in [6.07, 6.45) is 21.4. The van der Waals surface area contributed by atoms with Gasteiger partial charge >= 0.3 is 5.97 Å². The van der Waals surface area contributed by atoms with E-state index < -0.39 is 22.9 Å². The molecule has 0 heterocycles. The van der Waals surface area contributed by atoms with E-state index in [-0.39, 0.29) is 44.7 Å². The summed E-state index contributed by atoms with van der Waals surface area (Å²) in [7, 11) is 0. The molecule has 0 aliphatic heterocycles. The van der Waals surface area contributed by atoms with Crippen molar-refractivity contribution in [2.24, 2.45) is 84.7 Å². The SMILES string of the molecule is C[C@H](CC(=O)[C@H]1CC=C(CC[C@@H]2[C@@]3(C)CCCC(C)(C)[C@@H]3CC[C@@]2(C)O)C[C@]1(C)C(=O)O)[C@H]1CC[C@@]2(C)[C@H]3CC[C@H]4C(C)(C)C(=O)CC[C@@]45C[C@@]35CC[C@]12C. The van der Waals surface area contributed by atoms with Crippen molar-refractivity contribution in [2.75, 3.05) is 0 Å². The molecule has 14 atom stereocenters. The van der Waals surface area contributed by atoms with Crippen molar-refractivity contribution < 1.29 is 24.6 Å². The first-order valence-electron chi connectivity index (χ1n) is 23.2. The molecule has 0 amide bonds. The van der Waals surface area contributed by atoms with Crippen LogP contribution in [0.15, 0.2) is 11.6 Å². The fourth-order valence-corrected chi connectivity index (χ4v) is 18.4. The van der Waals surface area contributed by atoms with E-state index in [0.717, 1.165) is 44.9 Å². The Morgan fingerprint density at radius 1 is 0.800 bits per heavy atom. The summed E-state index contributed by atoms with van der Waals surface area (Å²) in [6, 6.07) is 0. The van der Waals surface area contributed by atoms with Gasteiger partial charge in [-0.1, -0.05) is 73.5 Å². The zero-order valence-corrected chi connectivity index (χ0v) is 36.7. The smallest absolute Gasteiger partial charge is 0.310 e. The molecular weight excluding hydrogens is 681 g/mol. The van der Waals surface area contributed by atoms with Crippen molar-refractivity contribution in [3.63, 3.8) is 0 Å². The van der Waals surface area contributed by atoms with Gasteiger partial charge in [0.2, 0.25) is 0 Å². The number of carboxylic acid groups (broad SMARTS) is 1. The van der Waals surface area contributed by atoms with Crippen LogP contribution in [0.25, 0.3) is 0 Å². The first kappa shape index (κ1) is 40.3. The molecule has 5 heteroatoms. The van der Waals surface area contributed by atoms with Gasteiger partial charge in [-0.05, 0) is 185 Å². The molecule has 0 aromatic carbocycles. The average molecular weight is 759 g/mol. The molecule has 308 valence electrons. The molecule has 8 aliphatic carbocycles. The molecule has 0 aromatic heterocycles. The average Bonchev–Trinajstić information content (AvgIpc) is 3.67. The number of fused-ring (bicyclic) bond motifs is 3. The number of hydrogen-bond acceptors (Lipinski definition) is 4. The second-order valence-corrected chi connectivity index (χ2v) is 24.4. The van der Waals surface area contributed by atoms with E-state index in [1.807, 2.05) is 6.92 Å². The first-order chi connectivity index (χ1) is 25.5. The van der Waals surface area contributed by atoms with Crippen LogP contribution in [-0.2, 0) is 14.4 Å². The highest BCUT2D eigenvalue weighted by Crippen LogP contribution is 2.89. The lowest BCUT2D eigenvalue weighted by Crippen LogP contribution is -2.57. The molecule has 2 N–H and O–H groups in total. The van der Waals surface area contributed by atoms with E-state index in [0.29, 0.717) is 59.5 Å². The van der Waals surface area contributed by atoms with E-state index in [2.05, 4.69) is 68.4 Å². The lowest BCUT2D eigenvalue weighted by atomic mass is 9.42. The topological polar surface area (TPSA) is 91.7 Å². The number of allylic oxidation sites excluding steroid dienone is 2. The van der Waals surface area contributed by atoms with E-state index in [1.165, 1.54) is 63.4 Å². The van der Waals surface area contributed by atoms with E-state index in [1.54, 1.807) is 0 Å². The second kappa shape index (κ2) is 12.5. The standard InChI is InChI=1S/C50H78O5/c1-31(33-18-23-47(9)39-17-16-37-43(4,5)40(52)20-25-49(37)30-50(39,49)27-26-46(33,47)8)28-35(51)34-14-12-32(29-45(34,7)41(53)54)13-15-38-44(6)22-11-21-42(2,3)36(44)19-24-48(38,10)55/h12,31,33-34,36-39,55H,11,13-30H2,1-10H3,(H,53,54)/t31-,33-,34-,36+,37+,38-,39-,44+,45+,46-,47+,48-,49-,50+/m1/s1. The molecule has 0 radical (unpaired) electrons. The van der Waals surface area contributed by atoms with E-state index in [4.69, 9.17) is 0 Å². The molecule has 0 aromatic rings. The third kappa shape index (κ3) is 5.40. The zero-order valence-electron chi connectivity index (χ0n) is 36.7. The maximum absolute atomic E-state index is 14.5. The minimum Gasteiger partial charge on any atom is -0.481 e. The van der Waals surface area contributed by atoms with Crippen LogP contribution in [0.5, 0.6) is 0 Å². The van der Waals surface area contributed by atoms with Gasteiger partial charge in [-0.3, -0.25) is 14.4 Å². The Kier molecular flexibility index (Phi) is 9.17. The molecule has 7 fully saturated rings. The van der Waals surface area contributed by atoms with Crippen LogP contribution < -0.4 is 0 Å². The van der Waals surface area contributed by atoms with Crippen molar-refractivity contribution in [2.45, 2.75) is 197 Å². The van der Waals surface area contributed by atoms with Crippen molar-refractivity contribution >= 4 is 17.5 Å². The molecule has 0 unspecified atom stereocenters. The number of carbonyl (C=O) groups excluding carboxylic acids is 2. The predicted molar refractivity (Wildman–Crippen MR) is 219 cm³/mol. The number of carbonyl (C=O) groups is 3. The van der Waals surface area contributed by atoms with Crippen LogP contribution in [-0.4, -0.2) is 33.3 Å². The molecule has 55 heavy (non-hydrogen) atoms. The lowest BCUT2D eigenvalue weighted by molar-refractivity contribution is -0.169. The number of ketones is 2. The van der Waals surface area contributed by atoms with Crippen LogP contribution in [0.4, 0.5) is 0 Å². The third-order valence-corrected chi connectivity index (χ3v) is 21.5. The van der Waals surface area contributed by atoms with Gasteiger partial charge < -0.3 is 10.2 Å². The highest BCUT2D eigenvalue weighted by atomic mass is 16.4. The van der Waals surface area contributed by atoms with Crippen molar-refractivity contribution in [1.29, 1.82) is 0 Å². The van der Waals surface area contributed by atoms with Gasteiger partial charge in [-0.15, -0.1) is 0 Å². The second-order valence-electron chi connectivity index (χ2n) is 24.4. The quantitative estimate of drug-likeness (QED) is 0.241. The summed E-state index contributed by atoms with van der Waals surface area (Å²) in [5.74, 6) is 2.04. The Labute approximate surface area is 334 Å². The van der Waals surface area contributed by atoms with Crippen LogP contribution in [0.1, 0.15) is 191 Å². The number of carboxylic acids is 1. The maximum atomic E-state index is 14.5. The summed E-state index contributed by atoms with van der Waals surface area (Å²) in [5.41, 5.74) is 0.738. The zero-order chi connectivity index (χ0) is 40.0. The maximum Gasteiger partial charge on any atom is 0.310 e. The molecule has 7 saturated carbocycles. The van der Waals surface area contributed by atoms with E-state index >= 15 is 0 Å². The fourth-order valence-electron chi connectivity index (χ4n) is 18.4. The molecule has 2 spiro atoms. The minimum atomic E-state index is -1.10. The Bertz CT molecular complexity index is 1650. The van der Waals surface area contributed by atoms with Gasteiger partial charge in [-0.25, -0.2) is 0 Å². The van der Waals surface area contributed by atoms with Crippen LogP contribution in [0.2, 0.25) is 0 Å². The number of Topliss-reactive ketones (excluding diaryl/α,β-unsaturated/α-hetero) is 2. The van der Waals surface area contributed by atoms with Gasteiger partial charge in [0, 0.05) is 24.2 Å². The number of rotatable bonds is 8. The van der Waals surface area contributed by atoms with Crippen LogP contribution >= 0.6 is 0 Å². The lowest BCUT2D eigenvalue weighted by Gasteiger charge is -2.62. The first-order valence-corrected chi connectivity index (χ1v) is 23.2. The van der Waals surface area contributed by atoms with Gasteiger partial charge in [-0.2, -0.15) is 0 Å². The molecule has 8 aliphatic rings. The van der Waals surface area contributed by atoms with Gasteiger partial charge in [0.25, 0.3) is 0 Å². The van der Waals surface area contributed by atoms with Crippen LogP contribution in [0, 0.1) is 84.7 Å². The van der Waals surface area contributed by atoms with Crippen molar-refractivity contribution in [1.82, 2.24) is 0 Å². The summed E-state index contributed by atoms with van der Waals surface area (Å²) in [6.45, 7) is 23.2. The number of aliphatic carboxylic acids is 1. The normalized spacial score (nSPS) is 51.3. The Morgan fingerprint density at radius 2 is 1.49 bits per heavy atom. The monoisotopic (exact) mass is 759 g/mol. The highest BCUT2D eigenvalue weighted by molar-refractivity contribution is 5.89. The molecule has 8 rings (SSSR count). The van der Waals surface area contributed by atoms with Gasteiger partial charge in [0.05, 0.1) is 11.0 Å². The summed E-state index contributed by atoms with van der Waals surface area (Å²) in [4.78, 5) is 40.7. The minimum absolute atomic E-state index is 0.0854.